The van der Waals surface area contributed by atoms with Gasteiger partial charge >= 0.3 is 17.9 Å². The first kappa shape index (κ1) is 26.6. The highest BCUT2D eigenvalue weighted by atomic mass is 79.9. The van der Waals surface area contributed by atoms with E-state index in [-0.39, 0.29) is 5.82 Å². The summed E-state index contributed by atoms with van der Waals surface area (Å²) in [5.74, 6) is -1.87. The van der Waals surface area contributed by atoms with Gasteiger partial charge in [-0.15, -0.1) is 0 Å². The average Bonchev–Trinajstić information content (AvgIpc) is 2.88. The van der Waals surface area contributed by atoms with Gasteiger partial charge in [0.1, 0.15) is 23.7 Å². The van der Waals surface area contributed by atoms with E-state index in [9.17, 15) is 18.8 Å². The van der Waals surface area contributed by atoms with Gasteiger partial charge in [-0.1, -0.05) is 15.9 Å². The number of ether oxygens (including phenoxy) is 2. The van der Waals surface area contributed by atoms with Crippen molar-refractivity contribution < 1.29 is 28.2 Å². The number of hydrogen-bond donors (Lipinski definition) is 3. The van der Waals surface area contributed by atoms with Crippen LogP contribution < -0.4 is 16.1 Å². The van der Waals surface area contributed by atoms with E-state index < -0.39 is 41.0 Å². The van der Waals surface area contributed by atoms with Crippen molar-refractivity contribution in [3.63, 3.8) is 0 Å². The molecule has 1 aromatic heterocycles. The summed E-state index contributed by atoms with van der Waals surface area (Å²) in [6.45, 7) is 1.78. The van der Waals surface area contributed by atoms with E-state index in [4.69, 9.17) is 9.47 Å². The molecule has 1 aliphatic carbocycles. The van der Waals surface area contributed by atoms with Crippen LogP contribution in [0, 0.1) is 5.82 Å². The lowest BCUT2D eigenvalue weighted by molar-refractivity contribution is -0.137. The second-order valence-corrected chi connectivity index (χ2v) is 9.95. The lowest BCUT2D eigenvalue weighted by Gasteiger charge is -2.47. The molecule has 2 heterocycles. The number of carbonyl (C=O) groups excluding carboxylic acids is 3. The number of aromatic nitrogens is 2. The number of amides is 3. The quantitative estimate of drug-likeness (QED) is 0.448. The number of anilines is 1. The molecule has 1 saturated carbocycles. The third-order valence-corrected chi connectivity index (χ3v) is 7.34. The van der Waals surface area contributed by atoms with Gasteiger partial charge in [-0.2, -0.15) is 5.10 Å². The van der Waals surface area contributed by atoms with Crippen LogP contribution in [0.2, 0.25) is 0 Å². The maximum absolute atomic E-state index is 14.0. The van der Waals surface area contributed by atoms with Crippen molar-refractivity contribution in [2.45, 2.75) is 56.3 Å². The standard InChI is InChI=1S/C24H26BrFN6O5/c1-14(29-20(33)21(34)30-18-5-10-27-13-28-18)12-23(36-2)6-8-24(9-7-23)19(31-32-22(35)37-24)16-11-15(26)3-4-17(16)25/h3-5,10-11,13-14H,6-9,12H2,1-2H3,(H,29,33)(H,32,35)(H,27,28,30,34)/t14-,23?,24?/m0/s1. The fraction of sp³-hybridized carbons (Fsp3) is 0.417. The van der Waals surface area contributed by atoms with Crippen molar-refractivity contribution in [3.8, 4) is 0 Å². The summed E-state index contributed by atoms with van der Waals surface area (Å²) in [7, 11) is 1.58. The Morgan fingerprint density at radius 3 is 2.68 bits per heavy atom. The summed E-state index contributed by atoms with van der Waals surface area (Å²) in [5.41, 5.74) is 1.52. The highest BCUT2D eigenvalue weighted by Gasteiger charge is 2.51. The fourth-order valence-corrected chi connectivity index (χ4v) is 5.25. The number of hydrazone groups is 1. The molecule has 1 atom stereocenters. The van der Waals surface area contributed by atoms with E-state index in [2.05, 4.69) is 47.1 Å². The third-order valence-electron chi connectivity index (χ3n) is 6.65. The van der Waals surface area contributed by atoms with Crippen LogP contribution in [0.15, 0.2) is 46.4 Å². The SMILES string of the molecule is COC1(C[C@H](C)NC(=O)C(=O)Nc2ccncn2)CCC2(CC1)OC(=O)NN=C2c1cc(F)ccc1Br. The summed E-state index contributed by atoms with van der Waals surface area (Å²) in [5, 5.41) is 9.34. The number of halogens is 2. The summed E-state index contributed by atoms with van der Waals surface area (Å²) in [6.07, 6.45) is 4.11. The van der Waals surface area contributed by atoms with E-state index >= 15 is 0 Å². The van der Waals surface area contributed by atoms with Gasteiger partial charge in [0, 0.05) is 29.4 Å². The molecule has 3 N–H and O–H groups in total. The van der Waals surface area contributed by atoms with Crippen LogP contribution in [0.5, 0.6) is 0 Å². The van der Waals surface area contributed by atoms with Gasteiger partial charge in [0.05, 0.1) is 5.60 Å². The molecule has 4 rings (SSSR count). The highest BCUT2D eigenvalue weighted by molar-refractivity contribution is 9.10. The van der Waals surface area contributed by atoms with Gasteiger partial charge < -0.3 is 20.1 Å². The molecule has 1 fully saturated rings. The second-order valence-electron chi connectivity index (χ2n) is 9.09. The molecular formula is C24H26BrFN6O5. The molecule has 11 nitrogen and oxygen atoms in total. The Labute approximate surface area is 220 Å². The summed E-state index contributed by atoms with van der Waals surface area (Å²) < 4.78 is 26.3. The van der Waals surface area contributed by atoms with Gasteiger partial charge in [0.2, 0.25) is 0 Å². The molecule has 0 bridgehead atoms. The van der Waals surface area contributed by atoms with Crippen LogP contribution in [-0.2, 0) is 19.1 Å². The van der Waals surface area contributed by atoms with Crippen molar-refractivity contribution in [1.82, 2.24) is 20.7 Å². The minimum Gasteiger partial charge on any atom is -0.435 e. The van der Waals surface area contributed by atoms with E-state index in [0.29, 0.717) is 47.9 Å². The first-order chi connectivity index (χ1) is 17.7. The molecule has 37 heavy (non-hydrogen) atoms. The number of rotatable bonds is 6. The molecule has 0 saturated heterocycles. The maximum atomic E-state index is 14.0. The number of nitrogens with one attached hydrogen (secondary N) is 3. The van der Waals surface area contributed by atoms with Gasteiger partial charge in [-0.25, -0.2) is 24.6 Å². The molecule has 3 amide bonds. The van der Waals surface area contributed by atoms with Crippen LogP contribution in [-0.4, -0.2) is 57.9 Å². The molecule has 13 heteroatoms. The zero-order valence-electron chi connectivity index (χ0n) is 20.2. The first-order valence-corrected chi connectivity index (χ1v) is 12.4. The van der Waals surface area contributed by atoms with Crippen molar-refractivity contribution in [2.75, 3.05) is 12.4 Å². The summed E-state index contributed by atoms with van der Waals surface area (Å²) in [4.78, 5) is 44.4. The smallest absolute Gasteiger partial charge is 0.428 e. The number of nitrogens with zero attached hydrogens (tertiary/aromatic N) is 3. The molecule has 196 valence electrons. The van der Waals surface area contributed by atoms with Crippen LogP contribution in [0.25, 0.3) is 0 Å². The van der Waals surface area contributed by atoms with Crippen molar-refractivity contribution in [3.05, 3.63) is 52.6 Å². The monoisotopic (exact) mass is 576 g/mol. The van der Waals surface area contributed by atoms with Crippen molar-refractivity contribution in [1.29, 1.82) is 0 Å². The largest absolute Gasteiger partial charge is 0.435 e. The zero-order chi connectivity index (χ0) is 26.6. The Morgan fingerprint density at radius 1 is 1.24 bits per heavy atom. The molecular weight excluding hydrogens is 551 g/mol. The van der Waals surface area contributed by atoms with E-state index in [0.717, 1.165) is 0 Å². The number of methoxy groups -OCH3 is 1. The van der Waals surface area contributed by atoms with Crippen LogP contribution in [0.4, 0.5) is 15.0 Å². The van der Waals surface area contributed by atoms with E-state index in [1.54, 1.807) is 20.1 Å². The van der Waals surface area contributed by atoms with Crippen molar-refractivity contribution in [2.24, 2.45) is 5.10 Å². The molecule has 0 radical (unpaired) electrons. The molecule has 2 aliphatic rings. The highest BCUT2D eigenvalue weighted by Crippen LogP contribution is 2.45. The predicted octanol–water partition coefficient (Wildman–Crippen LogP) is 3.05. The normalized spacial score (nSPS) is 23.9. The molecule has 1 aromatic carbocycles. The second kappa shape index (κ2) is 10.9. The summed E-state index contributed by atoms with van der Waals surface area (Å²) >= 11 is 3.43. The van der Waals surface area contributed by atoms with Gasteiger partial charge in [-0.3, -0.25) is 9.59 Å². The van der Waals surface area contributed by atoms with Crippen LogP contribution in [0.3, 0.4) is 0 Å². The number of benzene rings is 1. The number of hydrogen-bond acceptors (Lipinski definition) is 8. The van der Waals surface area contributed by atoms with Gasteiger partial charge in [-0.05, 0) is 63.3 Å². The molecule has 1 spiro atoms. The average molecular weight is 577 g/mol. The molecule has 0 unspecified atom stereocenters. The summed E-state index contributed by atoms with van der Waals surface area (Å²) in [6, 6.07) is 5.31. The number of carbonyl (C=O) groups is 3. The Kier molecular flexibility index (Phi) is 7.83. The topological polar surface area (TPSA) is 144 Å². The van der Waals surface area contributed by atoms with Gasteiger partial charge in [0.25, 0.3) is 0 Å². The first-order valence-electron chi connectivity index (χ1n) is 11.6. The Morgan fingerprint density at radius 2 is 2.00 bits per heavy atom. The van der Waals surface area contributed by atoms with Gasteiger partial charge in [0.15, 0.2) is 5.60 Å². The van der Waals surface area contributed by atoms with Crippen LogP contribution >= 0.6 is 15.9 Å². The van der Waals surface area contributed by atoms with Crippen LogP contribution in [0.1, 0.15) is 44.6 Å². The van der Waals surface area contributed by atoms with Crippen molar-refractivity contribution >= 4 is 45.4 Å². The lowest BCUT2D eigenvalue weighted by atomic mass is 9.70. The predicted molar refractivity (Wildman–Crippen MR) is 134 cm³/mol. The maximum Gasteiger partial charge on any atom is 0.428 e. The fourth-order valence-electron chi connectivity index (χ4n) is 4.81. The third kappa shape index (κ3) is 5.93. The molecule has 2 aromatic rings. The lowest BCUT2D eigenvalue weighted by Crippen LogP contribution is -2.56. The Hall–Kier alpha value is -3.45. The molecule has 1 aliphatic heterocycles. The zero-order valence-corrected chi connectivity index (χ0v) is 21.8. The Balaban J connectivity index is 1.43. The Bertz CT molecular complexity index is 1220. The van der Waals surface area contributed by atoms with E-state index in [1.807, 2.05) is 0 Å². The minimum absolute atomic E-state index is 0.215. The van der Waals surface area contributed by atoms with E-state index in [1.165, 1.54) is 30.7 Å². The minimum atomic E-state index is -1.06.